The fourth-order valence-electron chi connectivity index (χ4n) is 4.10. The van der Waals surface area contributed by atoms with E-state index in [4.69, 9.17) is 16.6 Å². The lowest BCUT2D eigenvalue weighted by Gasteiger charge is -2.15. The van der Waals surface area contributed by atoms with Crippen molar-refractivity contribution >= 4 is 34.8 Å². The van der Waals surface area contributed by atoms with Gasteiger partial charge in [-0.2, -0.15) is 0 Å². The summed E-state index contributed by atoms with van der Waals surface area (Å²) in [5.74, 6) is 0.401. The maximum atomic E-state index is 12.2. The number of aromatic nitrogens is 2. The van der Waals surface area contributed by atoms with Crippen molar-refractivity contribution in [1.29, 1.82) is 0 Å². The minimum atomic E-state index is -0.101. The maximum absolute atomic E-state index is 12.2. The van der Waals surface area contributed by atoms with Crippen LogP contribution in [-0.4, -0.2) is 33.9 Å². The third kappa shape index (κ3) is 4.01. The molecule has 3 heterocycles. The Morgan fingerprint density at radius 2 is 2.00 bits per heavy atom. The molecule has 0 bridgehead atoms. The lowest BCUT2D eigenvalue weighted by molar-refractivity contribution is -0.115. The number of benzene rings is 2. The molecule has 6 nitrogen and oxygen atoms in total. The molecule has 3 aromatic rings. The van der Waals surface area contributed by atoms with Crippen LogP contribution < -0.4 is 10.6 Å². The van der Waals surface area contributed by atoms with E-state index in [0.717, 1.165) is 29.1 Å². The number of hydrogen-bond acceptors (Lipinski definition) is 5. The number of carbonyl (C=O) groups is 1. The highest BCUT2D eigenvalue weighted by atomic mass is 35.5. The lowest BCUT2D eigenvalue weighted by atomic mass is 10.1. The van der Waals surface area contributed by atoms with Crippen molar-refractivity contribution in [2.75, 3.05) is 23.7 Å². The van der Waals surface area contributed by atoms with Gasteiger partial charge in [-0.15, -0.1) is 0 Å². The summed E-state index contributed by atoms with van der Waals surface area (Å²) in [6, 6.07) is 13.8. The van der Waals surface area contributed by atoms with E-state index in [-0.39, 0.29) is 12.3 Å². The molecule has 5 rings (SSSR count). The minimum absolute atomic E-state index is 0.101. The van der Waals surface area contributed by atoms with E-state index in [1.54, 1.807) is 18.3 Å². The molecule has 0 atom stereocenters. The molecule has 0 radical (unpaired) electrons. The van der Waals surface area contributed by atoms with Gasteiger partial charge < -0.3 is 10.6 Å². The van der Waals surface area contributed by atoms with Crippen molar-refractivity contribution in [2.24, 2.45) is 0 Å². The highest BCUT2D eigenvalue weighted by molar-refractivity contribution is 6.31. The fraction of sp³-hybridized carbons (Fsp3) is 0.261. The molecule has 0 aliphatic carbocycles. The molecule has 2 aliphatic heterocycles. The van der Waals surface area contributed by atoms with Crippen molar-refractivity contribution < 1.29 is 4.79 Å². The Morgan fingerprint density at radius 3 is 2.87 bits per heavy atom. The summed E-state index contributed by atoms with van der Waals surface area (Å²) in [4.78, 5) is 23.9. The van der Waals surface area contributed by atoms with E-state index in [1.165, 1.54) is 31.5 Å². The van der Waals surface area contributed by atoms with Gasteiger partial charge in [0, 0.05) is 34.6 Å². The van der Waals surface area contributed by atoms with Crippen LogP contribution in [0.4, 0.5) is 17.3 Å². The maximum Gasteiger partial charge on any atom is 0.228 e. The predicted molar refractivity (Wildman–Crippen MR) is 119 cm³/mol. The first-order valence-corrected chi connectivity index (χ1v) is 10.6. The van der Waals surface area contributed by atoms with Crippen LogP contribution in [0, 0.1) is 0 Å². The Morgan fingerprint density at radius 1 is 1.13 bits per heavy atom. The number of hydrogen-bond donors (Lipinski definition) is 2. The predicted octanol–water partition coefficient (Wildman–Crippen LogP) is 4.63. The van der Waals surface area contributed by atoms with Crippen molar-refractivity contribution in [3.05, 3.63) is 64.8 Å². The molecule has 1 amide bonds. The summed E-state index contributed by atoms with van der Waals surface area (Å²) in [5, 5.41) is 6.80. The second kappa shape index (κ2) is 8.05. The summed E-state index contributed by atoms with van der Waals surface area (Å²) >= 11 is 6.12. The summed E-state index contributed by atoms with van der Waals surface area (Å²) in [6.07, 6.45) is 4.52. The third-order valence-electron chi connectivity index (χ3n) is 5.51. The average Bonchev–Trinajstić information content (AvgIpc) is 3.18. The number of anilines is 3. The second-order valence-electron chi connectivity index (χ2n) is 7.79. The van der Waals surface area contributed by atoms with Crippen molar-refractivity contribution in [3.8, 4) is 11.3 Å². The summed E-state index contributed by atoms with van der Waals surface area (Å²) < 4.78 is 0. The standard InChI is InChI=1S/C23H22ClN5O/c24-17-6-7-19-20(12-17)27-21(30)11-16-13-25-23(28-22(16)19)26-18-5-3-4-15(10-18)14-29-8-1-2-9-29/h3-7,10,12-13H,1-2,8-9,11,14H2,(H,27,30)(H,25,26,28). The van der Waals surface area contributed by atoms with Gasteiger partial charge in [0.25, 0.3) is 0 Å². The van der Waals surface area contributed by atoms with Crippen LogP contribution in [0.5, 0.6) is 0 Å². The first-order chi connectivity index (χ1) is 14.6. The fourth-order valence-corrected chi connectivity index (χ4v) is 4.27. The molecule has 0 spiro atoms. The topological polar surface area (TPSA) is 70.2 Å². The molecule has 152 valence electrons. The zero-order chi connectivity index (χ0) is 20.5. The molecule has 2 aromatic carbocycles. The van der Waals surface area contributed by atoms with Crippen LogP contribution in [0.15, 0.2) is 48.7 Å². The van der Waals surface area contributed by atoms with Gasteiger partial charge in [-0.25, -0.2) is 9.97 Å². The highest BCUT2D eigenvalue weighted by Crippen LogP contribution is 2.34. The van der Waals surface area contributed by atoms with Gasteiger partial charge in [0.05, 0.1) is 17.8 Å². The normalized spacial score (nSPS) is 15.8. The number of halogens is 1. The van der Waals surface area contributed by atoms with Crippen LogP contribution in [-0.2, 0) is 17.8 Å². The van der Waals surface area contributed by atoms with E-state index in [1.807, 2.05) is 12.1 Å². The lowest BCUT2D eigenvalue weighted by Crippen LogP contribution is -2.18. The summed E-state index contributed by atoms with van der Waals surface area (Å²) in [6.45, 7) is 3.30. The smallest absolute Gasteiger partial charge is 0.228 e. The molecule has 0 saturated carbocycles. The van der Waals surface area contributed by atoms with E-state index in [0.29, 0.717) is 16.7 Å². The zero-order valence-corrected chi connectivity index (χ0v) is 17.2. The molecule has 30 heavy (non-hydrogen) atoms. The Labute approximate surface area is 180 Å². The minimum Gasteiger partial charge on any atom is -0.325 e. The van der Waals surface area contributed by atoms with Crippen LogP contribution in [0.1, 0.15) is 24.0 Å². The number of likely N-dealkylation sites (tertiary alicyclic amines) is 1. The number of rotatable bonds is 4. The number of nitrogens with zero attached hydrogens (tertiary/aromatic N) is 3. The number of fused-ring (bicyclic) bond motifs is 3. The van der Waals surface area contributed by atoms with E-state index < -0.39 is 0 Å². The Balaban J connectivity index is 1.44. The van der Waals surface area contributed by atoms with Crippen LogP contribution in [0.25, 0.3) is 11.3 Å². The molecule has 7 heteroatoms. The molecular weight excluding hydrogens is 398 g/mol. The van der Waals surface area contributed by atoms with Gasteiger partial charge in [0.15, 0.2) is 0 Å². The molecule has 1 aromatic heterocycles. The van der Waals surface area contributed by atoms with Gasteiger partial charge >= 0.3 is 0 Å². The number of amides is 1. The second-order valence-corrected chi connectivity index (χ2v) is 8.23. The Bertz CT molecular complexity index is 1110. The SMILES string of the molecule is O=C1Cc2cnc(Nc3cccc(CN4CCCC4)c3)nc2-c2ccc(Cl)cc2N1. The monoisotopic (exact) mass is 419 g/mol. The third-order valence-corrected chi connectivity index (χ3v) is 5.75. The first kappa shape index (κ1) is 19.0. The van der Waals surface area contributed by atoms with Crippen molar-refractivity contribution in [2.45, 2.75) is 25.8 Å². The van der Waals surface area contributed by atoms with Crippen LogP contribution >= 0.6 is 11.6 Å². The Kier molecular flexibility index (Phi) is 5.11. The highest BCUT2D eigenvalue weighted by Gasteiger charge is 2.21. The zero-order valence-electron chi connectivity index (χ0n) is 16.5. The van der Waals surface area contributed by atoms with Crippen LogP contribution in [0.3, 0.4) is 0 Å². The number of carbonyl (C=O) groups excluding carboxylic acids is 1. The van der Waals surface area contributed by atoms with Gasteiger partial charge in [-0.05, 0) is 61.8 Å². The first-order valence-electron chi connectivity index (χ1n) is 10.2. The summed E-state index contributed by atoms with van der Waals surface area (Å²) in [5.41, 5.74) is 5.27. The van der Waals surface area contributed by atoms with E-state index >= 15 is 0 Å². The van der Waals surface area contributed by atoms with Gasteiger partial charge in [-0.3, -0.25) is 9.69 Å². The van der Waals surface area contributed by atoms with E-state index in [2.05, 4.69) is 38.7 Å². The molecular formula is C23H22ClN5O. The molecule has 1 fully saturated rings. The molecule has 2 N–H and O–H groups in total. The van der Waals surface area contributed by atoms with Gasteiger partial charge in [0.1, 0.15) is 0 Å². The van der Waals surface area contributed by atoms with Crippen LogP contribution in [0.2, 0.25) is 5.02 Å². The molecule has 1 saturated heterocycles. The van der Waals surface area contributed by atoms with Gasteiger partial charge in [0.2, 0.25) is 11.9 Å². The Hall–Kier alpha value is -2.96. The van der Waals surface area contributed by atoms with Crippen molar-refractivity contribution in [3.63, 3.8) is 0 Å². The van der Waals surface area contributed by atoms with E-state index in [9.17, 15) is 4.79 Å². The van der Waals surface area contributed by atoms with Crippen molar-refractivity contribution in [1.82, 2.24) is 14.9 Å². The summed E-state index contributed by atoms with van der Waals surface area (Å²) in [7, 11) is 0. The molecule has 0 unspecified atom stereocenters. The largest absolute Gasteiger partial charge is 0.325 e. The average molecular weight is 420 g/mol. The number of nitrogens with one attached hydrogen (secondary N) is 2. The molecule has 2 aliphatic rings. The van der Waals surface area contributed by atoms with Gasteiger partial charge in [-0.1, -0.05) is 23.7 Å². The quantitative estimate of drug-likeness (QED) is 0.645.